The summed E-state index contributed by atoms with van der Waals surface area (Å²) >= 11 is 0. The van der Waals surface area contributed by atoms with Gasteiger partial charge < -0.3 is 9.64 Å². The van der Waals surface area contributed by atoms with Crippen molar-refractivity contribution in [1.82, 2.24) is 10.2 Å². The predicted octanol–water partition coefficient (Wildman–Crippen LogP) is 2.28. The molecule has 1 saturated heterocycles. The summed E-state index contributed by atoms with van der Waals surface area (Å²) in [4.78, 5) is 15.0. The summed E-state index contributed by atoms with van der Waals surface area (Å²) in [5.74, 6) is 1.84. The molecule has 1 N–H and O–H groups in total. The average molecular weight is 296 g/mol. The first-order chi connectivity index (χ1) is 9.89. The van der Waals surface area contributed by atoms with Crippen LogP contribution in [-0.2, 0) is 9.53 Å². The van der Waals surface area contributed by atoms with Gasteiger partial charge in [0, 0.05) is 19.1 Å². The molecule has 2 atom stereocenters. The van der Waals surface area contributed by atoms with Crippen molar-refractivity contribution < 1.29 is 9.53 Å². The molecule has 2 fully saturated rings. The number of esters is 1. The Morgan fingerprint density at radius 3 is 2.38 bits per heavy atom. The van der Waals surface area contributed by atoms with E-state index in [1.54, 1.807) is 0 Å². The first-order valence-corrected chi connectivity index (χ1v) is 8.47. The van der Waals surface area contributed by atoms with Crippen LogP contribution in [0.4, 0.5) is 0 Å². The summed E-state index contributed by atoms with van der Waals surface area (Å²) < 4.78 is 5.17. The number of ether oxygens (including phenoxy) is 1. The van der Waals surface area contributed by atoms with Gasteiger partial charge in [-0.3, -0.25) is 5.32 Å². The van der Waals surface area contributed by atoms with Gasteiger partial charge in [-0.15, -0.1) is 0 Å². The molecule has 1 saturated carbocycles. The van der Waals surface area contributed by atoms with Crippen LogP contribution < -0.4 is 5.32 Å². The zero-order chi connectivity index (χ0) is 15.6. The van der Waals surface area contributed by atoms with Crippen molar-refractivity contribution in [2.75, 3.05) is 26.7 Å². The van der Waals surface area contributed by atoms with Crippen LogP contribution in [0.3, 0.4) is 0 Å². The fourth-order valence-corrected chi connectivity index (χ4v) is 3.76. The molecular weight excluding hydrogens is 264 g/mol. The van der Waals surface area contributed by atoms with Gasteiger partial charge in [0.15, 0.2) is 0 Å². The highest BCUT2D eigenvalue weighted by Gasteiger charge is 2.53. The molecule has 0 spiro atoms. The first-order valence-electron chi connectivity index (χ1n) is 8.47. The van der Waals surface area contributed by atoms with E-state index in [0.717, 1.165) is 44.3 Å². The second kappa shape index (κ2) is 6.66. The van der Waals surface area contributed by atoms with Gasteiger partial charge in [0.05, 0.1) is 7.11 Å². The maximum absolute atomic E-state index is 12.5. The van der Waals surface area contributed by atoms with Gasteiger partial charge in [-0.1, -0.05) is 13.8 Å². The van der Waals surface area contributed by atoms with E-state index < -0.39 is 5.54 Å². The van der Waals surface area contributed by atoms with Crippen LogP contribution in [-0.4, -0.2) is 49.2 Å². The van der Waals surface area contributed by atoms with Crippen LogP contribution in [0.25, 0.3) is 0 Å². The molecule has 2 rings (SSSR count). The Hall–Kier alpha value is -0.610. The van der Waals surface area contributed by atoms with Gasteiger partial charge in [-0.25, -0.2) is 4.79 Å². The van der Waals surface area contributed by atoms with Gasteiger partial charge in [-0.2, -0.15) is 0 Å². The number of carbonyl (C=O) groups is 1. The molecule has 4 heteroatoms. The Balaban J connectivity index is 2.10. The van der Waals surface area contributed by atoms with Gasteiger partial charge >= 0.3 is 5.97 Å². The van der Waals surface area contributed by atoms with Crippen molar-refractivity contribution >= 4 is 5.97 Å². The molecule has 2 aliphatic rings. The lowest BCUT2D eigenvalue weighted by Crippen LogP contribution is -2.62. The third-order valence-electron chi connectivity index (χ3n) is 5.09. The van der Waals surface area contributed by atoms with E-state index in [1.807, 2.05) is 0 Å². The number of nitrogens with zero attached hydrogens (tertiary/aromatic N) is 1. The summed E-state index contributed by atoms with van der Waals surface area (Å²) in [6.45, 7) is 11.8. The summed E-state index contributed by atoms with van der Waals surface area (Å²) in [7, 11) is 1.52. The zero-order valence-electron chi connectivity index (χ0n) is 14.3. The zero-order valence-corrected chi connectivity index (χ0v) is 14.3. The molecule has 0 aromatic rings. The fraction of sp³-hybridized carbons (Fsp3) is 0.941. The normalized spacial score (nSPS) is 26.3. The number of nitrogens with one attached hydrogen (secondary N) is 1. The van der Waals surface area contributed by atoms with Crippen molar-refractivity contribution in [2.45, 2.75) is 58.5 Å². The second-order valence-electron chi connectivity index (χ2n) is 7.56. The minimum Gasteiger partial charge on any atom is -0.468 e. The SMILES string of the molecule is COC(=O)C(CN1CCC(C(C)C)C1)(NC(C)C)C1CC1. The van der Waals surface area contributed by atoms with Crippen molar-refractivity contribution in [3.8, 4) is 0 Å². The fourth-order valence-electron chi connectivity index (χ4n) is 3.76. The molecule has 2 unspecified atom stereocenters. The molecule has 0 bridgehead atoms. The van der Waals surface area contributed by atoms with E-state index in [-0.39, 0.29) is 12.0 Å². The predicted molar refractivity (Wildman–Crippen MR) is 85.1 cm³/mol. The second-order valence-corrected chi connectivity index (χ2v) is 7.56. The number of rotatable bonds is 7. The van der Waals surface area contributed by atoms with Crippen LogP contribution in [0.1, 0.15) is 47.0 Å². The van der Waals surface area contributed by atoms with Crippen molar-refractivity contribution in [2.24, 2.45) is 17.8 Å². The lowest BCUT2D eigenvalue weighted by atomic mass is 9.91. The minimum atomic E-state index is -0.505. The lowest BCUT2D eigenvalue weighted by molar-refractivity contribution is -0.151. The minimum absolute atomic E-state index is 0.0771. The molecular formula is C17H32N2O2. The molecule has 0 amide bonds. The standard InChI is InChI=1S/C17H32N2O2/c1-12(2)14-8-9-19(10-14)11-17(15-6-7-15,16(20)21-5)18-13(3)4/h12-15,18H,6-11H2,1-5H3. The van der Waals surface area contributed by atoms with Crippen LogP contribution in [0.5, 0.6) is 0 Å². The first kappa shape index (κ1) is 16.8. The summed E-state index contributed by atoms with van der Waals surface area (Å²) in [5.41, 5.74) is -0.505. The van der Waals surface area contributed by atoms with Crippen LogP contribution in [0.15, 0.2) is 0 Å². The quantitative estimate of drug-likeness (QED) is 0.732. The number of hydrogen-bond acceptors (Lipinski definition) is 4. The maximum atomic E-state index is 12.5. The van der Waals surface area contributed by atoms with E-state index in [0.29, 0.717) is 5.92 Å². The molecule has 0 aromatic carbocycles. The summed E-state index contributed by atoms with van der Waals surface area (Å²) in [6, 6.07) is 0.285. The highest BCUT2D eigenvalue weighted by Crippen LogP contribution is 2.42. The average Bonchev–Trinajstić information content (AvgIpc) is 3.17. The molecule has 4 nitrogen and oxygen atoms in total. The Morgan fingerprint density at radius 1 is 1.29 bits per heavy atom. The van der Waals surface area contributed by atoms with Gasteiger partial charge in [0.2, 0.25) is 0 Å². The molecule has 122 valence electrons. The van der Waals surface area contributed by atoms with Crippen LogP contribution >= 0.6 is 0 Å². The molecule has 1 heterocycles. The number of likely N-dealkylation sites (tertiary alicyclic amines) is 1. The summed E-state index contributed by atoms with van der Waals surface area (Å²) in [5, 5.41) is 3.56. The Labute approximate surface area is 129 Å². The smallest absolute Gasteiger partial charge is 0.327 e. The van der Waals surface area contributed by atoms with E-state index in [1.165, 1.54) is 13.5 Å². The van der Waals surface area contributed by atoms with E-state index in [2.05, 4.69) is 37.9 Å². The van der Waals surface area contributed by atoms with E-state index >= 15 is 0 Å². The molecule has 0 radical (unpaired) electrons. The highest BCUT2D eigenvalue weighted by atomic mass is 16.5. The molecule has 1 aliphatic carbocycles. The lowest BCUT2D eigenvalue weighted by Gasteiger charge is -2.37. The topological polar surface area (TPSA) is 41.6 Å². The van der Waals surface area contributed by atoms with E-state index in [4.69, 9.17) is 4.74 Å². The van der Waals surface area contributed by atoms with Crippen LogP contribution in [0, 0.1) is 17.8 Å². The monoisotopic (exact) mass is 296 g/mol. The molecule has 0 aromatic heterocycles. The highest BCUT2D eigenvalue weighted by molar-refractivity contribution is 5.82. The Bertz CT molecular complexity index is 366. The molecule has 1 aliphatic heterocycles. The third kappa shape index (κ3) is 3.78. The third-order valence-corrected chi connectivity index (χ3v) is 5.09. The van der Waals surface area contributed by atoms with Crippen molar-refractivity contribution in [3.63, 3.8) is 0 Å². The number of hydrogen-bond donors (Lipinski definition) is 1. The van der Waals surface area contributed by atoms with Crippen molar-refractivity contribution in [3.05, 3.63) is 0 Å². The Kier molecular flexibility index (Phi) is 5.31. The van der Waals surface area contributed by atoms with Gasteiger partial charge in [0.25, 0.3) is 0 Å². The van der Waals surface area contributed by atoms with E-state index in [9.17, 15) is 4.79 Å². The Morgan fingerprint density at radius 2 is 1.95 bits per heavy atom. The van der Waals surface area contributed by atoms with Gasteiger partial charge in [0.1, 0.15) is 5.54 Å². The number of methoxy groups -OCH3 is 1. The summed E-state index contributed by atoms with van der Waals surface area (Å²) in [6.07, 6.45) is 3.52. The maximum Gasteiger partial charge on any atom is 0.327 e. The van der Waals surface area contributed by atoms with Crippen LogP contribution in [0.2, 0.25) is 0 Å². The molecule has 21 heavy (non-hydrogen) atoms. The van der Waals surface area contributed by atoms with Gasteiger partial charge in [-0.05, 0) is 57.4 Å². The number of carbonyl (C=O) groups excluding carboxylic acids is 1. The van der Waals surface area contributed by atoms with Crippen molar-refractivity contribution in [1.29, 1.82) is 0 Å². The largest absolute Gasteiger partial charge is 0.468 e.